The Morgan fingerprint density at radius 2 is 1.38 bits per heavy atom. The number of nitrogens with zero attached hydrogens (tertiary/aromatic N) is 2. The number of amides is 2. The zero-order valence-electron chi connectivity index (χ0n) is 17.0. The van der Waals surface area contributed by atoms with Crippen LogP contribution in [0.4, 0.5) is 11.4 Å². The van der Waals surface area contributed by atoms with Crippen LogP contribution in [-0.2, 0) is 9.59 Å². The second-order valence-electron chi connectivity index (χ2n) is 6.93. The summed E-state index contributed by atoms with van der Waals surface area (Å²) in [6.07, 6.45) is 3.32. The van der Waals surface area contributed by atoms with E-state index in [1.807, 2.05) is 35.7 Å². The van der Waals surface area contributed by atoms with Gasteiger partial charge in [0.2, 0.25) is 0 Å². The molecule has 0 aliphatic rings. The summed E-state index contributed by atoms with van der Waals surface area (Å²) >= 11 is 12.4. The van der Waals surface area contributed by atoms with Gasteiger partial charge in [0.1, 0.15) is 11.4 Å². The second-order valence-corrected chi connectivity index (χ2v) is 7.74. The number of carbonyl (C=O) groups is 2. The minimum atomic E-state index is -0.627. The van der Waals surface area contributed by atoms with Crippen molar-refractivity contribution >= 4 is 58.0 Å². The van der Waals surface area contributed by atoms with Crippen molar-refractivity contribution < 1.29 is 9.59 Å². The standard InChI is InChI=1S/C24H18Cl2N4O2/c1-15-27-21(22-12-6-7-13-30(15)22)14-16(23(31)28-19-10-4-2-8-17(19)25)24(32)29-20-11-5-3-9-18(20)26/h2-14H,1H3,(H,28,31)(H,29,32). The van der Waals surface area contributed by atoms with Gasteiger partial charge in [-0.3, -0.25) is 9.59 Å². The predicted octanol–water partition coefficient (Wildman–Crippen LogP) is 5.61. The van der Waals surface area contributed by atoms with Crippen LogP contribution in [-0.4, -0.2) is 21.2 Å². The van der Waals surface area contributed by atoms with Gasteiger partial charge < -0.3 is 15.0 Å². The van der Waals surface area contributed by atoms with Gasteiger partial charge in [0.25, 0.3) is 11.8 Å². The number of fused-ring (bicyclic) bond motifs is 1. The molecule has 8 heteroatoms. The topological polar surface area (TPSA) is 75.5 Å². The second kappa shape index (κ2) is 9.26. The first-order valence-electron chi connectivity index (χ1n) is 9.71. The van der Waals surface area contributed by atoms with Crippen molar-refractivity contribution in [3.05, 3.63) is 100 Å². The molecule has 2 aromatic heterocycles. The molecule has 0 atom stereocenters. The third-order valence-corrected chi connectivity index (χ3v) is 5.43. The summed E-state index contributed by atoms with van der Waals surface area (Å²) in [5.74, 6) is -0.529. The Kier molecular flexibility index (Phi) is 6.25. The number of aromatic nitrogens is 2. The number of hydrogen-bond donors (Lipinski definition) is 2. The normalized spacial score (nSPS) is 10.6. The lowest BCUT2D eigenvalue weighted by molar-refractivity contribution is -0.118. The fourth-order valence-electron chi connectivity index (χ4n) is 3.20. The molecule has 2 aromatic carbocycles. The average Bonchev–Trinajstić information content (AvgIpc) is 3.10. The summed E-state index contributed by atoms with van der Waals surface area (Å²) in [5.41, 5.74) is 1.89. The zero-order valence-corrected chi connectivity index (χ0v) is 18.5. The van der Waals surface area contributed by atoms with Crippen LogP contribution in [0.25, 0.3) is 11.6 Å². The van der Waals surface area contributed by atoms with Crippen molar-refractivity contribution in [3.63, 3.8) is 0 Å². The maximum atomic E-state index is 13.2. The SMILES string of the molecule is Cc1nc(C=C(C(=O)Nc2ccccc2Cl)C(=O)Nc2ccccc2Cl)c2ccccn12. The van der Waals surface area contributed by atoms with Crippen LogP contribution in [0.15, 0.2) is 78.5 Å². The van der Waals surface area contributed by atoms with Gasteiger partial charge in [-0.15, -0.1) is 0 Å². The molecule has 6 nitrogen and oxygen atoms in total. The highest BCUT2D eigenvalue weighted by Crippen LogP contribution is 2.24. The van der Waals surface area contributed by atoms with Crippen molar-refractivity contribution in [2.45, 2.75) is 6.92 Å². The molecule has 2 N–H and O–H groups in total. The number of halogens is 2. The van der Waals surface area contributed by atoms with E-state index >= 15 is 0 Å². The monoisotopic (exact) mass is 464 g/mol. The first kappa shape index (κ1) is 21.6. The molecule has 2 heterocycles. The van der Waals surface area contributed by atoms with Crippen LogP contribution in [0.5, 0.6) is 0 Å². The molecule has 4 aromatic rings. The van der Waals surface area contributed by atoms with Crippen LogP contribution in [0.2, 0.25) is 10.0 Å². The van der Waals surface area contributed by atoms with Crippen LogP contribution in [0.1, 0.15) is 11.5 Å². The van der Waals surface area contributed by atoms with Crippen molar-refractivity contribution in [3.8, 4) is 0 Å². The Morgan fingerprint density at radius 3 is 1.94 bits per heavy atom. The maximum absolute atomic E-state index is 13.2. The Labute approximate surface area is 194 Å². The lowest BCUT2D eigenvalue weighted by Gasteiger charge is -2.11. The van der Waals surface area contributed by atoms with E-state index in [2.05, 4.69) is 15.6 Å². The van der Waals surface area contributed by atoms with Gasteiger partial charge in [0, 0.05) is 6.20 Å². The Hall–Kier alpha value is -3.61. The number of nitrogens with one attached hydrogen (secondary N) is 2. The van der Waals surface area contributed by atoms with E-state index in [4.69, 9.17) is 23.2 Å². The highest BCUT2D eigenvalue weighted by Gasteiger charge is 2.22. The van der Waals surface area contributed by atoms with Gasteiger partial charge in [-0.2, -0.15) is 0 Å². The highest BCUT2D eigenvalue weighted by atomic mass is 35.5. The molecular weight excluding hydrogens is 447 g/mol. The Morgan fingerprint density at radius 1 is 0.844 bits per heavy atom. The maximum Gasteiger partial charge on any atom is 0.261 e. The lowest BCUT2D eigenvalue weighted by atomic mass is 10.1. The van der Waals surface area contributed by atoms with E-state index in [-0.39, 0.29) is 5.57 Å². The number of anilines is 2. The number of benzene rings is 2. The third-order valence-electron chi connectivity index (χ3n) is 4.77. The van der Waals surface area contributed by atoms with Crippen molar-refractivity contribution in [2.24, 2.45) is 0 Å². The van der Waals surface area contributed by atoms with Crippen LogP contribution >= 0.6 is 23.2 Å². The molecule has 2 amide bonds. The smallest absolute Gasteiger partial charge is 0.261 e. The van der Waals surface area contributed by atoms with Crippen LogP contribution in [0.3, 0.4) is 0 Å². The van der Waals surface area contributed by atoms with E-state index in [0.29, 0.717) is 27.1 Å². The van der Waals surface area contributed by atoms with Gasteiger partial charge in [-0.25, -0.2) is 4.98 Å². The molecule has 160 valence electrons. The van der Waals surface area contributed by atoms with Crippen molar-refractivity contribution in [1.82, 2.24) is 9.38 Å². The fraction of sp³-hybridized carbons (Fsp3) is 0.0417. The van der Waals surface area contributed by atoms with Gasteiger partial charge in [0.05, 0.1) is 32.6 Å². The number of para-hydroxylation sites is 2. The van der Waals surface area contributed by atoms with Gasteiger partial charge in [-0.1, -0.05) is 53.5 Å². The average molecular weight is 465 g/mol. The molecule has 0 fully saturated rings. The molecule has 0 radical (unpaired) electrons. The van der Waals surface area contributed by atoms with E-state index in [1.165, 1.54) is 6.08 Å². The molecule has 0 bridgehead atoms. The quantitative estimate of drug-likeness (QED) is 0.229. The largest absolute Gasteiger partial charge is 0.320 e. The number of aryl methyl sites for hydroxylation is 1. The summed E-state index contributed by atoms with van der Waals surface area (Å²) in [6, 6.07) is 19.2. The van der Waals surface area contributed by atoms with E-state index in [1.54, 1.807) is 48.5 Å². The van der Waals surface area contributed by atoms with Crippen LogP contribution < -0.4 is 10.6 Å². The van der Waals surface area contributed by atoms with Gasteiger partial charge in [0.15, 0.2) is 0 Å². The number of rotatable bonds is 5. The lowest BCUT2D eigenvalue weighted by Crippen LogP contribution is -2.25. The van der Waals surface area contributed by atoms with E-state index in [9.17, 15) is 9.59 Å². The molecule has 32 heavy (non-hydrogen) atoms. The molecular formula is C24H18Cl2N4O2. The van der Waals surface area contributed by atoms with Crippen molar-refractivity contribution in [1.29, 1.82) is 0 Å². The summed E-state index contributed by atoms with van der Waals surface area (Å²) in [6.45, 7) is 1.84. The first-order chi connectivity index (χ1) is 15.4. The van der Waals surface area contributed by atoms with Gasteiger partial charge >= 0.3 is 0 Å². The predicted molar refractivity (Wildman–Crippen MR) is 128 cm³/mol. The first-order valence-corrected chi connectivity index (χ1v) is 10.5. The number of hydrogen-bond acceptors (Lipinski definition) is 3. The minimum absolute atomic E-state index is 0.145. The Bertz CT molecular complexity index is 1300. The molecule has 0 spiro atoms. The zero-order chi connectivity index (χ0) is 22.7. The van der Waals surface area contributed by atoms with Crippen molar-refractivity contribution in [2.75, 3.05) is 10.6 Å². The summed E-state index contributed by atoms with van der Waals surface area (Å²) in [4.78, 5) is 30.8. The molecule has 0 saturated carbocycles. The summed E-state index contributed by atoms with van der Waals surface area (Å²) in [5, 5.41) is 6.11. The minimum Gasteiger partial charge on any atom is -0.320 e. The van der Waals surface area contributed by atoms with Gasteiger partial charge in [-0.05, 0) is 49.4 Å². The van der Waals surface area contributed by atoms with E-state index in [0.717, 1.165) is 11.3 Å². The number of carbonyl (C=O) groups excluding carboxylic acids is 2. The molecule has 4 rings (SSSR count). The molecule has 0 unspecified atom stereocenters. The fourth-order valence-corrected chi connectivity index (χ4v) is 3.57. The van der Waals surface area contributed by atoms with E-state index < -0.39 is 11.8 Å². The summed E-state index contributed by atoms with van der Waals surface area (Å²) < 4.78 is 1.88. The number of pyridine rings is 1. The molecule has 0 saturated heterocycles. The summed E-state index contributed by atoms with van der Waals surface area (Å²) in [7, 11) is 0. The molecule has 0 aliphatic heterocycles. The highest BCUT2D eigenvalue weighted by molar-refractivity contribution is 6.36. The third kappa shape index (κ3) is 4.51. The Balaban J connectivity index is 1.76. The number of imidazole rings is 1. The molecule has 0 aliphatic carbocycles. The van der Waals surface area contributed by atoms with Crippen LogP contribution in [0, 0.1) is 6.92 Å².